The Kier molecular flexibility index (Phi) is 3.09. The molecule has 0 saturated carbocycles. The SMILES string of the molecule is Cc1cn(-c2cccc(C(=O)C(C)C)c2)cn1. The van der Waals surface area contributed by atoms with E-state index in [9.17, 15) is 4.79 Å². The summed E-state index contributed by atoms with van der Waals surface area (Å²) in [6, 6.07) is 7.64. The molecule has 2 aromatic rings. The van der Waals surface area contributed by atoms with Gasteiger partial charge in [0.05, 0.1) is 12.0 Å². The molecule has 0 amide bonds. The van der Waals surface area contributed by atoms with E-state index in [1.165, 1.54) is 0 Å². The molecule has 0 aliphatic rings. The van der Waals surface area contributed by atoms with Gasteiger partial charge in [0, 0.05) is 23.4 Å². The molecule has 0 fully saturated rings. The fourth-order valence-corrected chi connectivity index (χ4v) is 1.72. The van der Waals surface area contributed by atoms with Crippen LogP contribution in [0.15, 0.2) is 36.8 Å². The lowest BCUT2D eigenvalue weighted by Crippen LogP contribution is -2.07. The average molecular weight is 228 g/mol. The first-order valence-corrected chi connectivity index (χ1v) is 5.73. The van der Waals surface area contributed by atoms with Crippen LogP contribution in [0.2, 0.25) is 0 Å². The molecule has 17 heavy (non-hydrogen) atoms. The Hall–Kier alpha value is -1.90. The maximum atomic E-state index is 11.9. The minimum absolute atomic E-state index is 0.0229. The molecule has 0 N–H and O–H groups in total. The largest absolute Gasteiger partial charge is 0.306 e. The number of Topliss-reactive ketones (excluding diaryl/α,β-unsaturated/α-hetero) is 1. The van der Waals surface area contributed by atoms with Gasteiger partial charge in [-0.1, -0.05) is 26.0 Å². The molecule has 1 aromatic heterocycles. The quantitative estimate of drug-likeness (QED) is 0.757. The normalized spacial score (nSPS) is 10.8. The third-order valence-electron chi connectivity index (χ3n) is 2.66. The van der Waals surface area contributed by atoms with Crippen molar-refractivity contribution in [2.24, 2.45) is 5.92 Å². The van der Waals surface area contributed by atoms with Crippen LogP contribution in [-0.4, -0.2) is 15.3 Å². The Morgan fingerprint density at radius 1 is 1.35 bits per heavy atom. The molecule has 3 heteroatoms. The fourth-order valence-electron chi connectivity index (χ4n) is 1.72. The molecule has 0 radical (unpaired) electrons. The number of nitrogens with zero attached hydrogens (tertiary/aromatic N) is 2. The van der Waals surface area contributed by atoms with Gasteiger partial charge >= 0.3 is 0 Å². The van der Waals surface area contributed by atoms with Crippen LogP contribution in [0, 0.1) is 12.8 Å². The summed E-state index contributed by atoms with van der Waals surface area (Å²) in [5.41, 5.74) is 2.69. The third-order valence-corrected chi connectivity index (χ3v) is 2.66. The van der Waals surface area contributed by atoms with E-state index in [2.05, 4.69) is 4.98 Å². The number of ketones is 1. The van der Waals surface area contributed by atoms with Gasteiger partial charge in [-0.2, -0.15) is 0 Å². The second-order valence-corrected chi connectivity index (χ2v) is 4.49. The van der Waals surface area contributed by atoms with Crippen LogP contribution < -0.4 is 0 Å². The highest BCUT2D eigenvalue weighted by molar-refractivity contribution is 5.97. The summed E-state index contributed by atoms with van der Waals surface area (Å²) < 4.78 is 1.92. The minimum atomic E-state index is 0.0229. The first kappa shape index (κ1) is 11.6. The average Bonchev–Trinajstić information content (AvgIpc) is 2.75. The molecular formula is C14H16N2O. The topological polar surface area (TPSA) is 34.9 Å². The van der Waals surface area contributed by atoms with Crippen LogP contribution in [0.4, 0.5) is 0 Å². The molecule has 88 valence electrons. The molecule has 1 heterocycles. The van der Waals surface area contributed by atoms with Crippen LogP contribution in [0.5, 0.6) is 0 Å². The lowest BCUT2D eigenvalue weighted by molar-refractivity contribution is 0.0939. The molecule has 1 aromatic carbocycles. The first-order valence-electron chi connectivity index (χ1n) is 5.73. The van der Waals surface area contributed by atoms with Crippen molar-refractivity contribution < 1.29 is 4.79 Å². The molecule has 0 spiro atoms. The summed E-state index contributed by atoms with van der Waals surface area (Å²) in [5, 5.41) is 0. The number of hydrogen-bond donors (Lipinski definition) is 0. The molecule has 0 aliphatic heterocycles. The first-order chi connectivity index (χ1) is 8.08. The summed E-state index contributed by atoms with van der Waals surface area (Å²) in [6.45, 7) is 5.77. The summed E-state index contributed by atoms with van der Waals surface area (Å²) in [7, 11) is 0. The van der Waals surface area contributed by atoms with E-state index in [1.54, 1.807) is 6.33 Å². The fraction of sp³-hybridized carbons (Fsp3) is 0.286. The van der Waals surface area contributed by atoms with E-state index in [0.29, 0.717) is 0 Å². The molecule has 0 atom stereocenters. The summed E-state index contributed by atoms with van der Waals surface area (Å²) in [6.07, 6.45) is 3.70. The van der Waals surface area contributed by atoms with Gasteiger partial charge in [-0.3, -0.25) is 4.79 Å². The van der Waals surface area contributed by atoms with Gasteiger partial charge in [-0.15, -0.1) is 0 Å². The zero-order valence-corrected chi connectivity index (χ0v) is 10.3. The maximum Gasteiger partial charge on any atom is 0.165 e. The monoisotopic (exact) mass is 228 g/mol. The maximum absolute atomic E-state index is 11.9. The van der Waals surface area contributed by atoms with Crippen LogP contribution in [0.1, 0.15) is 29.9 Å². The highest BCUT2D eigenvalue weighted by Gasteiger charge is 2.10. The zero-order valence-electron chi connectivity index (χ0n) is 10.3. The number of carbonyl (C=O) groups is 1. The van der Waals surface area contributed by atoms with Crippen molar-refractivity contribution in [2.45, 2.75) is 20.8 Å². The summed E-state index contributed by atoms with van der Waals surface area (Å²) in [4.78, 5) is 16.1. The van der Waals surface area contributed by atoms with E-state index < -0.39 is 0 Å². The number of aromatic nitrogens is 2. The van der Waals surface area contributed by atoms with Crippen molar-refractivity contribution in [3.63, 3.8) is 0 Å². The van der Waals surface area contributed by atoms with Crippen molar-refractivity contribution in [3.8, 4) is 5.69 Å². The predicted octanol–water partition coefficient (Wildman–Crippen LogP) is 3.02. The number of carbonyl (C=O) groups excluding carboxylic acids is 1. The van der Waals surface area contributed by atoms with Crippen LogP contribution >= 0.6 is 0 Å². The lowest BCUT2D eigenvalue weighted by Gasteiger charge is -2.07. The lowest BCUT2D eigenvalue weighted by atomic mass is 10.0. The number of benzene rings is 1. The Labute approximate surface area is 101 Å². The molecule has 0 bridgehead atoms. The Balaban J connectivity index is 2.38. The van der Waals surface area contributed by atoms with Crippen molar-refractivity contribution >= 4 is 5.78 Å². The summed E-state index contributed by atoms with van der Waals surface area (Å²) >= 11 is 0. The molecule has 0 saturated heterocycles. The second kappa shape index (κ2) is 4.53. The van der Waals surface area contributed by atoms with E-state index in [-0.39, 0.29) is 11.7 Å². The molecular weight excluding hydrogens is 212 g/mol. The number of rotatable bonds is 3. The number of aryl methyl sites for hydroxylation is 1. The molecule has 3 nitrogen and oxygen atoms in total. The smallest absolute Gasteiger partial charge is 0.165 e. The van der Waals surface area contributed by atoms with Crippen molar-refractivity contribution in [1.29, 1.82) is 0 Å². The van der Waals surface area contributed by atoms with Gasteiger partial charge in [0.25, 0.3) is 0 Å². The van der Waals surface area contributed by atoms with Crippen molar-refractivity contribution in [3.05, 3.63) is 48.0 Å². The minimum Gasteiger partial charge on any atom is -0.306 e. The number of hydrogen-bond acceptors (Lipinski definition) is 2. The Morgan fingerprint density at radius 3 is 2.71 bits per heavy atom. The van der Waals surface area contributed by atoms with E-state index >= 15 is 0 Å². The van der Waals surface area contributed by atoms with Gasteiger partial charge < -0.3 is 4.57 Å². The van der Waals surface area contributed by atoms with Crippen LogP contribution in [0.3, 0.4) is 0 Å². The summed E-state index contributed by atoms with van der Waals surface area (Å²) in [5.74, 6) is 0.193. The second-order valence-electron chi connectivity index (χ2n) is 4.49. The van der Waals surface area contributed by atoms with Crippen LogP contribution in [-0.2, 0) is 0 Å². The van der Waals surface area contributed by atoms with Crippen molar-refractivity contribution in [1.82, 2.24) is 9.55 Å². The van der Waals surface area contributed by atoms with E-state index in [4.69, 9.17) is 0 Å². The van der Waals surface area contributed by atoms with Crippen molar-refractivity contribution in [2.75, 3.05) is 0 Å². The van der Waals surface area contributed by atoms with E-state index in [1.807, 2.05) is 55.8 Å². The van der Waals surface area contributed by atoms with Gasteiger partial charge in [0.1, 0.15) is 0 Å². The van der Waals surface area contributed by atoms with Crippen LogP contribution in [0.25, 0.3) is 5.69 Å². The predicted molar refractivity (Wildman–Crippen MR) is 67.5 cm³/mol. The highest BCUT2D eigenvalue weighted by Crippen LogP contribution is 2.14. The number of imidazole rings is 1. The third kappa shape index (κ3) is 2.44. The highest BCUT2D eigenvalue weighted by atomic mass is 16.1. The van der Waals surface area contributed by atoms with Gasteiger partial charge in [-0.05, 0) is 19.1 Å². The molecule has 2 rings (SSSR count). The van der Waals surface area contributed by atoms with Gasteiger partial charge in [-0.25, -0.2) is 4.98 Å². The molecule has 0 unspecified atom stereocenters. The van der Waals surface area contributed by atoms with Gasteiger partial charge in [0.2, 0.25) is 0 Å². The van der Waals surface area contributed by atoms with E-state index in [0.717, 1.165) is 16.9 Å². The Morgan fingerprint density at radius 2 is 2.12 bits per heavy atom. The van der Waals surface area contributed by atoms with Gasteiger partial charge in [0.15, 0.2) is 5.78 Å². The Bertz CT molecular complexity index is 541. The zero-order chi connectivity index (χ0) is 12.4. The molecule has 0 aliphatic carbocycles. The standard InChI is InChI=1S/C14H16N2O/c1-10(2)14(17)12-5-4-6-13(7-12)16-8-11(3)15-9-16/h4-10H,1-3H3.